The summed E-state index contributed by atoms with van der Waals surface area (Å²) in [4.78, 5) is 0. The molecule has 2 rings (SSSR count). The maximum Gasteiger partial charge on any atom is 0.0764 e. The van der Waals surface area contributed by atoms with Crippen LogP contribution in [0.1, 0.15) is 59.3 Å². The molecule has 1 aliphatic heterocycles. The van der Waals surface area contributed by atoms with Gasteiger partial charge in [-0.2, -0.15) is 0 Å². The van der Waals surface area contributed by atoms with Crippen LogP contribution in [0.2, 0.25) is 0 Å². The van der Waals surface area contributed by atoms with Crippen LogP contribution in [-0.4, -0.2) is 29.5 Å². The molecule has 3 heteroatoms. The molecule has 0 aromatic heterocycles. The molecule has 1 saturated heterocycles. The molecule has 3 N–H and O–H groups in total. The molecule has 0 spiro atoms. The van der Waals surface area contributed by atoms with E-state index in [0.29, 0.717) is 19.6 Å². The number of rotatable bonds is 2. The molecule has 1 heterocycles. The molecule has 1 aliphatic carbocycles. The van der Waals surface area contributed by atoms with Crippen molar-refractivity contribution in [3.05, 3.63) is 0 Å². The summed E-state index contributed by atoms with van der Waals surface area (Å²) in [5.74, 6) is 0.779. The summed E-state index contributed by atoms with van der Waals surface area (Å²) >= 11 is 0. The first-order valence-corrected chi connectivity index (χ1v) is 7.39. The van der Waals surface area contributed by atoms with Gasteiger partial charge >= 0.3 is 0 Å². The molecule has 0 radical (unpaired) electrons. The molecule has 106 valence electrons. The second-order valence-corrected chi connectivity index (χ2v) is 7.23. The predicted molar refractivity (Wildman–Crippen MR) is 73.3 cm³/mol. The Hall–Kier alpha value is -0.120. The lowest BCUT2D eigenvalue weighted by Crippen LogP contribution is -2.60. The Morgan fingerprint density at radius 1 is 1.22 bits per heavy atom. The zero-order valence-electron chi connectivity index (χ0n) is 12.2. The number of nitrogens with two attached hydrogens (primary N) is 1. The first kappa shape index (κ1) is 14.3. The van der Waals surface area contributed by atoms with Crippen LogP contribution in [-0.2, 0) is 4.74 Å². The largest absolute Gasteiger partial charge is 0.389 e. The quantitative estimate of drug-likeness (QED) is 0.797. The molecule has 0 bridgehead atoms. The van der Waals surface area contributed by atoms with Gasteiger partial charge in [-0.05, 0) is 32.6 Å². The summed E-state index contributed by atoms with van der Waals surface area (Å²) in [6.45, 7) is 7.71. The number of hydrogen-bond donors (Lipinski definition) is 2. The SMILES string of the molecule is CC1CCC(CN)(C2(O)CCOC(C)(C)C2)CC1. The van der Waals surface area contributed by atoms with Crippen molar-refractivity contribution < 1.29 is 9.84 Å². The Kier molecular flexibility index (Phi) is 3.79. The number of aliphatic hydroxyl groups is 1. The highest BCUT2D eigenvalue weighted by Crippen LogP contribution is 2.52. The molecule has 0 aromatic carbocycles. The van der Waals surface area contributed by atoms with Crippen LogP contribution in [0.15, 0.2) is 0 Å². The average molecular weight is 255 g/mol. The molecule has 1 saturated carbocycles. The van der Waals surface area contributed by atoms with E-state index in [-0.39, 0.29) is 11.0 Å². The summed E-state index contributed by atoms with van der Waals surface area (Å²) in [5.41, 5.74) is 5.15. The zero-order chi connectivity index (χ0) is 13.4. The minimum atomic E-state index is -0.635. The van der Waals surface area contributed by atoms with Crippen molar-refractivity contribution in [2.75, 3.05) is 13.2 Å². The Balaban J connectivity index is 2.20. The third-order valence-electron chi connectivity index (χ3n) is 5.34. The highest BCUT2D eigenvalue weighted by Gasteiger charge is 2.54. The third-order valence-corrected chi connectivity index (χ3v) is 5.34. The summed E-state index contributed by atoms with van der Waals surface area (Å²) in [7, 11) is 0. The van der Waals surface area contributed by atoms with Crippen LogP contribution >= 0.6 is 0 Å². The van der Waals surface area contributed by atoms with E-state index in [1.807, 2.05) is 0 Å². The van der Waals surface area contributed by atoms with Gasteiger partial charge in [-0.1, -0.05) is 19.8 Å². The molecular weight excluding hydrogens is 226 g/mol. The van der Waals surface area contributed by atoms with Gasteiger partial charge < -0.3 is 15.6 Å². The van der Waals surface area contributed by atoms with Crippen LogP contribution in [0.4, 0.5) is 0 Å². The summed E-state index contributed by atoms with van der Waals surface area (Å²) in [6.07, 6.45) is 5.98. The Morgan fingerprint density at radius 3 is 2.33 bits per heavy atom. The van der Waals surface area contributed by atoms with Gasteiger partial charge in [0.2, 0.25) is 0 Å². The number of hydrogen-bond acceptors (Lipinski definition) is 3. The summed E-state index contributed by atoms with van der Waals surface area (Å²) in [6, 6.07) is 0. The Morgan fingerprint density at radius 2 is 1.83 bits per heavy atom. The molecule has 1 unspecified atom stereocenters. The van der Waals surface area contributed by atoms with E-state index >= 15 is 0 Å². The van der Waals surface area contributed by atoms with E-state index in [1.54, 1.807) is 0 Å². The van der Waals surface area contributed by atoms with E-state index in [2.05, 4.69) is 20.8 Å². The maximum atomic E-state index is 11.2. The predicted octanol–water partition coefficient (Wildman–Crippen LogP) is 2.46. The van der Waals surface area contributed by atoms with E-state index in [1.165, 1.54) is 12.8 Å². The second-order valence-electron chi connectivity index (χ2n) is 7.23. The van der Waals surface area contributed by atoms with Gasteiger partial charge in [0.05, 0.1) is 17.8 Å². The Bertz CT molecular complexity index is 295. The smallest absolute Gasteiger partial charge is 0.0764 e. The van der Waals surface area contributed by atoms with Gasteiger partial charge in [0.25, 0.3) is 0 Å². The molecule has 2 aliphatic rings. The number of ether oxygens (including phenoxy) is 1. The molecule has 18 heavy (non-hydrogen) atoms. The van der Waals surface area contributed by atoms with E-state index in [4.69, 9.17) is 10.5 Å². The molecular formula is C15H29NO2. The molecule has 0 amide bonds. The lowest BCUT2D eigenvalue weighted by molar-refractivity contribution is -0.202. The van der Waals surface area contributed by atoms with Gasteiger partial charge in [-0.15, -0.1) is 0 Å². The van der Waals surface area contributed by atoms with Gasteiger partial charge in [-0.3, -0.25) is 0 Å². The molecule has 0 aromatic rings. The fraction of sp³-hybridized carbons (Fsp3) is 1.00. The van der Waals surface area contributed by atoms with Crippen molar-refractivity contribution in [2.24, 2.45) is 17.1 Å². The fourth-order valence-corrected chi connectivity index (χ4v) is 3.97. The van der Waals surface area contributed by atoms with Crippen LogP contribution in [0.5, 0.6) is 0 Å². The van der Waals surface area contributed by atoms with E-state index < -0.39 is 5.60 Å². The fourth-order valence-electron chi connectivity index (χ4n) is 3.97. The van der Waals surface area contributed by atoms with Gasteiger partial charge in [-0.25, -0.2) is 0 Å². The van der Waals surface area contributed by atoms with Crippen molar-refractivity contribution in [1.29, 1.82) is 0 Å². The second kappa shape index (κ2) is 4.77. The third kappa shape index (κ3) is 2.45. The van der Waals surface area contributed by atoms with Crippen LogP contribution < -0.4 is 5.73 Å². The van der Waals surface area contributed by atoms with Crippen molar-refractivity contribution in [3.63, 3.8) is 0 Å². The highest BCUT2D eigenvalue weighted by atomic mass is 16.5. The van der Waals surface area contributed by atoms with Crippen molar-refractivity contribution >= 4 is 0 Å². The summed E-state index contributed by atoms with van der Waals surface area (Å²) < 4.78 is 5.76. The maximum absolute atomic E-state index is 11.2. The standard InChI is InChI=1S/C15H29NO2/c1-12-4-6-14(11-16,7-5-12)15(17)8-9-18-13(2,3)10-15/h12,17H,4-11,16H2,1-3H3. The Labute approximate surface area is 111 Å². The molecule has 1 atom stereocenters. The van der Waals surface area contributed by atoms with Gasteiger partial charge in [0.15, 0.2) is 0 Å². The normalized spacial score (nSPS) is 44.8. The molecule has 2 fully saturated rings. The topological polar surface area (TPSA) is 55.5 Å². The minimum Gasteiger partial charge on any atom is -0.389 e. The highest BCUT2D eigenvalue weighted by molar-refractivity contribution is 5.05. The van der Waals surface area contributed by atoms with Gasteiger partial charge in [0.1, 0.15) is 0 Å². The first-order chi connectivity index (χ1) is 8.33. The minimum absolute atomic E-state index is 0.0828. The van der Waals surface area contributed by atoms with Crippen LogP contribution in [0, 0.1) is 11.3 Å². The van der Waals surface area contributed by atoms with E-state index in [9.17, 15) is 5.11 Å². The van der Waals surface area contributed by atoms with E-state index in [0.717, 1.165) is 25.2 Å². The van der Waals surface area contributed by atoms with Crippen molar-refractivity contribution in [2.45, 2.75) is 70.5 Å². The van der Waals surface area contributed by atoms with Crippen molar-refractivity contribution in [1.82, 2.24) is 0 Å². The zero-order valence-corrected chi connectivity index (χ0v) is 12.2. The summed E-state index contributed by atoms with van der Waals surface area (Å²) in [5, 5.41) is 11.2. The lowest BCUT2D eigenvalue weighted by atomic mass is 9.57. The molecule has 3 nitrogen and oxygen atoms in total. The van der Waals surface area contributed by atoms with Crippen molar-refractivity contribution in [3.8, 4) is 0 Å². The van der Waals surface area contributed by atoms with Gasteiger partial charge in [0, 0.05) is 24.8 Å². The monoisotopic (exact) mass is 255 g/mol. The lowest BCUT2D eigenvalue weighted by Gasteiger charge is -2.55. The average Bonchev–Trinajstić information content (AvgIpc) is 2.28. The van der Waals surface area contributed by atoms with Crippen LogP contribution in [0.3, 0.4) is 0 Å². The van der Waals surface area contributed by atoms with Crippen LogP contribution in [0.25, 0.3) is 0 Å². The first-order valence-electron chi connectivity index (χ1n) is 7.39.